The predicted octanol–water partition coefficient (Wildman–Crippen LogP) is 5.68. The van der Waals surface area contributed by atoms with E-state index in [-0.39, 0.29) is 23.6 Å². The van der Waals surface area contributed by atoms with E-state index in [1.807, 2.05) is 43.9 Å². The zero-order valence-corrected chi connectivity index (χ0v) is 20.5. The van der Waals surface area contributed by atoms with E-state index in [0.29, 0.717) is 47.2 Å². The van der Waals surface area contributed by atoms with Crippen molar-refractivity contribution in [3.05, 3.63) is 76.6 Å². The molecule has 1 amide bonds. The largest absolute Gasteiger partial charge is 0.325 e. The zero-order chi connectivity index (χ0) is 25.7. The lowest BCUT2D eigenvalue weighted by Gasteiger charge is -2.41. The van der Waals surface area contributed by atoms with Gasteiger partial charge in [-0.25, -0.2) is 23.1 Å². The number of carbonyl (C=O) groups excluding carboxylic acids is 1. The summed E-state index contributed by atoms with van der Waals surface area (Å²) in [4.78, 5) is 24.5. The van der Waals surface area contributed by atoms with Gasteiger partial charge in [0.05, 0.1) is 22.9 Å². The van der Waals surface area contributed by atoms with Crippen LogP contribution in [0.25, 0.3) is 22.2 Å². The molecule has 9 heteroatoms. The predicted molar refractivity (Wildman–Crippen MR) is 130 cm³/mol. The average Bonchev–Trinajstić information content (AvgIpc) is 3.20. The highest BCUT2D eigenvalue weighted by Crippen LogP contribution is 2.41. The van der Waals surface area contributed by atoms with Crippen LogP contribution in [-0.4, -0.2) is 36.6 Å². The summed E-state index contributed by atoms with van der Waals surface area (Å²) in [5, 5.41) is 5.38. The number of aromatic nitrogens is 4. The fraction of sp³-hybridized carbons (Fsp3) is 0.333. The molecule has 0 radical (unpaired) electrons. The third-order valence-corrected chi connectivity index (χ3v) is 7.00. The molecule has 0 aliphatic carbocycles. The van der Waals surface area contributed by atoms with E-state index < -0.39 is 17.5 Å². The Labute approximate surface area is 206 Å². The molecule has 0 bridgehead atoms. The number of benzene rings is 2. The molecule has 1 aliphatic rings. The molecule has 6 nitrogen and oxygen atoms in total. The molecule has 1 aliphatic heterocycles. The van der Waals surface area contributed by atoms with Crippen molar-refractivity contribution >= 4 is 16.8 Å². The highest BCUT2D eigenvalue weighted by Gasteiger charge is 2.41. The van der Waals surface area contributed by atoms with Crippen molar-refractivity contribution in [3.8, 4) is 11.3 Å². The van der Waals surface area contributed by atoms with Gasteiger partial charge in [-0.15, -0.1) is 0 Å². The zero-order valence-electron chi connectivity index (χ0n) is 20.5. The van der Waals surface area contributed by atoms with E-state index in [9.17, 15) is 18.0 Å². The number of carbonyl (C=O) groups is 1. The van der Waals surface area contributed by atoms with E-state index in [1.165, 1.54) is 6.33 Å². The summed E-state index contributed by atoms with van der Waals surface area (Å²) in [6, 6.07) is 7.15. The van der Waals surface area contributed by atoms with Crippen LogP contribution in [0.15, 0.2) is 36.7 Å². The topological polar surface area (TPSA) is 63.9 Å². The second-order valence-electron chi connectivity index (χ2n) is 9.24. The van der Waals surface area contributed by atoms with Crippen molar-refractivity contribution in [2.45, 2.75) is 52.1 Å². The Balaban J connectivity index is 1.64. The van der Waals surface area contributed by atoms with Gasteiger partial charge in [-0.1, -0.05) is 25.5 Å². The Morgan fingerprint density at radius 1 is 1.06 bits per heavy atom. The average molecular weight is 494 g/mol. The van der Waals surface area contributed by atoms with Gasteiger partial charge in [0.1, 0.15) is 12.0 Å². The first-order valence-electron chi connectivity index (χ1n) is 12.0. The summed E-state index contributed by atoms with van der Waals surface area (Å²) in [5.41, 5.74) is 4.25. The number of hydrogen-bond acceptors (Lipinski definition) is 4. The Hall–Kier alpha value is -3.75. The van der Waals surface area contributed by atoms with Gasteiger partial charge in [0.25, 0.3) is 5.91 Å². The Morgan fingerprint density at radius 3 is 2.44 bits per heavy atom. The third kappa shape index (κ3) is 3.73. The van der Waals surface area contributed by atoms with Crippen molar-refractivity contribution in [1.29, 1.82) is 0 Å². The summed E-state index contributed by atoms with van der Waals surface area (Å²) < 4.78 is 43.4. The molecular weight excluding hydrogens is 467 g/mol. The lowest BCUT2D eigenvalue weighted by atomic mass is 9.87. The van der Waals surface area contributed by atoms with Crippen molar-refractivity contribution < 1.29 is 18.0 Å². The second-order valence-corrected chi connectivity index (χ2v) is 9.24. The van der Waals surface area contributed by atoms with Crippen LogP contribution in [0.2, 0.25) is 0 Å². The minimum absolute atomic E-state index is 0.192. The molecule has 2 aromatic carbocycles. The highest BCUT2D eigenvalue weighted by atomic mass is 19.2. The molecule has 3 heterocycles. The number of halogens is 3. The number of amides is 1. The van der Waals surface area contributed by atoms with Crippen LogP contribution < -0.4 is 0 Å². The monoisotopic (exact) mass is 493 g/mol. The lowest BCUT2D eigenvalue weighted by molar-refractivity contribution is 0.0509. The Bertz CT molecular complexity index is 1480. The number of hydrogen-bond donors (Lipinski definition) is 0. The first-order chi connectivity index (χ1) is 17.2. The summed E-state index contributed by atoms with van der Waals surface area (Å²) in [6.07, 6.45) is 3.09. The molecule has 0 saturated carbocycles. The third-order valence-electron chi connectivity index (χ3n) is 7.00. The lowest BCUT2D eigenvalue weighted by Crippen LogP contribution is -2.47. The van der Waals surface area contributed by atoms with Crippen molar-refractivity contribution in [3.63, 3.8) is 0 Å². The summed E-state index contributed by atoms with van der Waals surface area (Å²) >= 11 is 0. The molecule has 0 spiro atoms. The smallest absolute Gasteiger partial charge is 0.274 e. The van der Waals surface area contributed by atoms with E-state index in [1.54, 1.807) is 11.7 Å². The van der Waals surface area contributed by atoms with Crippen LogP contribution >= 0.6 is 0 Å². The SMILES string of the molecule is CCC1Cc2c(nn(C)c2-c2cc(F)c(F)c(F)c2)C(CC)N1C(=O)c1ncnc2ccc(C)cc12. The minimum Gasteiger partial charge on any atom is -0.325 e. The maximum atomic E-state index is 14.1. The molecule has 0 fully saturated rings. The van der Waals surface area contributed by atoms with Gasteiger partial charge in [-0.3, -0.25) is 9.48 Å². The number of fused-ring (bicyclic) bond motifs is 2. The molecule has 36 heavy (non-hydrogen) atoms. The van der Waals surface area contributed by atoms with Crippen LogP contribution in [0.5, 0.6) is 0 Å². The Morgan fingerprint density at radius 2 is 1.78 bits per heavy atom. The van der Waals surface area contributed by atoms with Crippen LogP contribution in [0.3, 0.4) is 0 Å². The van der Waals surface area contributed by atoms with Crippen LogP contribution in [0.1, 0.15) is 60.0 Å². The van der Waals surface area contributed by atoms with Crippen molar-refractivity contribution in [2.24, 2.45) is 7.05 Å². The van der Waals surface area contributed by atoms with E-state index in [4.69, 9.17) is 0 Å². The fourth-order valence-electron chi connectivity index (χ4n) is 5.33. The molecule has 4 aromatic rings. The molecule has 2 unspecified atom stereocenters. The van der Waals surface area contributed by atoms with E-state index in [0.717, 1.165) is 23.3 Å². The molecule has 0 N–H and O–H groups in total. The van der Waals surface area contributed by atoms with Gasteiger partial charge >= 0.3 is 0 Å². The molecule has 0 saturated heterocycles. The van der Waals surface area contributed by atoms with Crippen LogP contribution in [-0.2, 0) is 13.5 Å². The summed E-state index contributed by atoms with van der Waals surface area (Å²) in [6.45, 7) is 5.92. The number of nitrogens with zero attached hydrogens (tertiary/aromatic N) is 5. The maximum absolute atomic E-state index is 14.1. The summed E-state index contributed by atoms with van der Waals surface area (Å²) in [7, 11) is 1.69. The quantitative estimate of drug-likeness (QED) is 0.343. The maximum Gasteiger partial charge on any atom is 0.274 e. The van der Waals surface area contributed by atoms with Gasteiger partial charge in [-0.05, 0) is 50.5 Å². The number of aryl methyl sites for hydroxylation is 2. The first-order valence-corrected chi connectivity index (χ1v) is 12.0. The van der Waals surface area contributed by atoms with Gasteiger partial charge in [0, 0.05) is 29.6 Å². The van der Waals surface area contributed by atoms with Crippen molar-refractivity contribution in [2.75, 3.05) is 0 Å². The van der Waals surface area contributed by atoms with Gasteiger partial charge in [-0.2, -0.15) is 5.10 Å². The van der Waals surface area contributed by atoms with Gasteiger partial charge in [0.2, 0.25) is 0 Å². The molecule has 5 rings (SSSR count). The van der Waals surface area contributed by atoms with Gasteiger partial charge < -0.3 is 4.90 Å². The molecule has 2 aromatic heterocycles. The normalized spacial score (nSPS) is 17.5. The van der Waals surface area contributed by atoms with E-state index >= 15 is 0 Å². The molecular formula is C27H26F3N5O. The fourth-order valence-corrected chi connectivity index (χ4v) is 5.33. The Kier molecular flexibility index (Phi) is 6.02. The van der Waals surface area contributed by atoms with Crippen LogP contribution in [0, 0.1) is 24.4 Å². The van der Waals surface area contributed by atoms with Gasteiger partial charge in [0.15, 0.2) is 17.5 Å². The van der Waals surface area contributed by atoms with Crippen molar-refractivity contribution in [1.82, 2.24) is 24.6 Å². The summed E-state index contributed by atoms with van der Waals surface area (Å²) in [5.74, 6) is -4.21. The second kappa shape index (κ2) is 9.04. The highest BCUT2D eigenvalue weighted by molar-refractivity contribution is 6.04. The van der Waals surface area contributed by atoms with E-state index in [2.05, 4.69) is 15.1 Å². The van der Waals surface area contributed by atoms with Crippen LogP contribution in [0.4, 0.5) is 13.2 Å². The minimum atomic E-state index is -1.50. The standard InChI is InChI=1S/C27H26F3N5O/c1-5-16-12-18-24(33-34(4)26(18)15-10-19(28)23(30)20(29)11-15)22(6-2)35(16)27(36)25-17-9-14(3)7-8-21(17)31-13-32-25/h7-11,13,16,22H,5-6,12H2,1-4H3. The number of rotatable bonds is 4. The first kappa shape index (κ1) is 24.0. The molecule has 2 atom stereocenters. The molecule has 186 valence electrons.